The average Bonchev–Trinajstić information content (AvgIpc) is 3.73. The quantitative estimate of drug-likeness (QED) is 0.167. The lowest BCUT2D eigenvalue weighted by Crippen LogP contribution is -1.91. The van der Waals surface area contributed by atoms with Crippen molar-refractivity contribution in [2.24, 2.45) is 0 Å². The van der Waals surface area contributed by atoms with Crippen LogP contribution in [0.3, 0.4) is 0 Å². The van der Waals surface area contributed by atoms with Crippen LogP contribution in [0.15, 0.2) is 198 Å². The molecule has 0 atom stereocenters. The molecule has 0 amide bonds. The van der Waals surface area contributed by atoms with E-state index in [0.717, 1.165) is 5.56 Å². The van der Waals surface area contributed by atoms with Crippen molar-refractivity contribution in [3.05, 3.63) is 194 Å². The average molecular weight is 667 g/mol. The lowest BCUT2D eigenvalue weighted by Gasteiger charge is -2.18. The van der Waals surface area contributed by atoms with E-state index in [0.29, 0.717) is 60.2 Å². The highest BCUT2D eigenvalue weighted by molar-refractivity contribution is 6.25. The number of furan rings is 1. The molecule has 51 heavy (non-hydrogen) atoms. The third-order valence-corrected chi connectivity index (χ3v) is 8.98. The summed E-state index contributed by atoms with van der Waals surface area (Å²) in [6, 6.07) is 13.7. The maximum atomic E-state index is 9.52. The van der Waals surface area contributed by atoms with Gasteiger partial charge in [0, 0.05) is 10.8 Å². The number of fused-ring (bicyclic) bond motifs is 5. The maximum Gasteiger partial charge on any atom is 0.136 e. The van der Waals surface area contributed by atoms with Crippen molar-refractivity contribution in [1.29, 1.82) is 0 Å². The molecule has 238 valence electrons. The summed E-state index contributed by atoms with van der Waals surface area (Å²) in [5.41, 5.74) is 0.838. The fourth-order valence-corrected chi connectivity index (χ4v) is 6.77. The highest BCUT2D eigenvalue weighted by Crippen LogP contribution is 2.47. The molecule has 0 saturated carbocycles. The van der Waals surface area contributed by atoms with Crippen molar-refractivity contribution in [2.75, 3.05) is 0 Å². The molecule has 0 aliphatic rings. The summed E-state index contributed by atoms with van der Waals surface area (Å²) in [6.45, 7) is 0. The Morgan fingerprint density at radius 2 is 0.804 bits per heavy atom. The molecule has 0 saturated heterocycles. The Balaban J connectivity index is 1.22. The van der Waals surface area contributed by atoms with Gasteiger partial charge in [0.2, 0.25) is 0 Å². The molecule has 1 heteroatoms. The van der Waals surface area contributed by atoms with Gasteiger partial charge in [-0.15, -0.1) is 0 Å². The lowest BCUT2D eigenvalue weighted by molar-refractivity contribution is 0.669. The summed E-state index contributed by atoms with van der Waals surface area (Å²) in [7, 11) is 0. The molecule has 10 aromatic rings. The first-order valence-corrected chi connectivity index (χ1v) is 16.0. The summed E-state index contributed by atoms with van der Waals surface area (Å²) in [5, 5.41) is 3.65. The minimum atomic E-state index is -0.802. The normalized spacial score (nSPS) is 16.5. The Labute approximate surface area is 322 Å². The van der Waals surface area contributed by atoms with Gasteiger partial charge in [-0.1, -0.05) is 175 Å². The van der Waals surface area contributed by atoms with Crippen LogP contribution in [0.1, 0.15) is 24.7 Å². The highest BCUT2D eigenvalue weighted by Gasteiger charge is 2.20. The van der Waals surface area contributed by atoms with Crippen LogP contribution in [0.5, 0.6) is 0 Å². The van der Waals surface area contributed by atoms with Gasteiger partial charge in [-0.25, -0.2) is 0 Å². The van der Waals surface area contributed by atoms with Gasteiger partial charge in [0.1, 0.15) is 11.2 Å². The Kier molecular flexibility index (Phi) is 3.85. The van der Waals surface area contributed by atoms with Crippen LogP contribution in [0.2, 0.25) is 0 Å². The zero-order chi connectivity index (χ0) is 49.4. The van der Waals surface area contributed by atoms with Crippen molar-refractivity contribution in [1.82, 2.24) is 0 Å². The second-order valence-corrected chi connectivity index (χ2v) is 11.8. The van der Waals surface area contributed by atoms with Crippen molar-refractivity contribution >= 4 is 43.5 Å². The van der Waals surface area contributed by atoms with E-state index >= 15 is 0 Å². The SMILES string of the molecule is [2H]c1c([2H])c([2H])c(-c2ccc3oc4cccc(-c5c6ccccc6c(-c6c([2H])c([2H])c(-c7c([2H])c([2H])c(-c8c([2H])c([2H])c([2H])c([2H])c8[2H])c([2H])c7[2H])c([2H])c6[2H])c6ccccc56)c4c3c2)c([2H])c1[2H]. The van der Waals surface area contributed by atoms with Crippen LogP contribution in [-0.4, -0.2) is 0 Å². The standard InChI is InChI=1S/C50H32O/c1-3-12-33(13-4-1)35-22-24-36(25-23-35)37-26-28-38(29-27-37)48-40-16-7-9-18-42(40)49(43-19-10-8-17-41(43)48)44-20-11-21-47-50(44)45-32-39(30-31-46(45)51-47)34-14-5-2-6-15-34/h1-32H/i1D,2D,3D,4D,5D,6D,12D,13D,14D,15D,22D,23D,24D,25D,26D,27D,28D,29D. The van der Waals surface area contributed by atoms with Gasteiger partial charge in [0.25, 0.3) is 0 Å². The largest absolute Gasteiger partial charge is 0.456 e. The Hall–Kier alpha value is -6.70. The van der Waals surface area contributed by atoms with E-state index in [4.69, 9.17) is 23.6 Å². The van der Waals surface area contributed by atoms with E-state index in [-0.39, 0.29) is 23.2 Å². The lowest BCUT2D eigenvalue weighted by atomic mass is 9.84. The minimum Gasteiger partial charge on any atom is -0.456 e. The van der Waals surface area contributed by atoms with Crippen LogP contribution >= 0.6 is 0 Å². The molecular formula is C50H32O. The molecule has 0 N–H and O–H groups in total. The fraction of sp³-hybridized carbons (Fsp3) is 0. The highest BCUT2D eigenvalue weighted by atomic mass is 16.3. The maximum absolute atomic E-state index is 9.52. The second-order valence-electron chi connectivity index (χ2n) is 11.8. The predicted molar refractivity (Wildman–Crippen MR) is 216 cm³/mol. The zero-order valence-electron chi connectivity index (χ0n) is 44.5. The van der Waals surface area contributed by atoms with Gasteiger partial charge in [-0.3, -0.25) is 0 Å². The zero-order valence-corrected chi connectivity index (χ0v) is 26.5. The predicted octanol–water partition coefficient (Wildman–Crippen LogP) is 14.2. The van der Waals surface area contributed by atoms with Crippen LogP contribution < -0.4 is 0 Å². The van der Waals surface area contributed by atoms with Crippen LogP contribution in [0, 0.1) is 0 Å². The summed E-state index contributed by atoms with van der Waals surface area (Å²) in [4.78, 5) is 0. The molecular weight excluding hydrogens is 617 g/mol. The molecule has 1 aromatic heterocycles. The first-order valence-electron chi connectivity index (χ1n) is 25.0. The van der Waals surface area contributed by atoms with Crippen LogP contribution in [-0.2, 0) is 0 Å². The van der Waals surface area contributed by atoms with Crippen molar-refractivity contribution in [3.63, 3.8) is 0 Å². The molecule has 0 aliphatic heterocycles. The first kappa shape index (κ1) is 16.3. The number of benzene rings is 9. The van der Waals surface area contributed by atoms with E-state index in [1.807, 2.05) is 36.4 Å². The van der Waals surface area contributed by atoms with Crippen LogP contribution in [0.4, 0.5) is 0 Å². The monoisotopic (exact) mass is 666 g/mol. The second kappa shape index (κ2) is 12.0. The van der Waals surface area contributed by atoms with Crippen molar-refractivity contribution < 1.29 is 29.1 Å². The van der Waals surface area contributed by atoms with Gasteiger partial charge in [0.15, 0.2) is 0 Å². The molecule has 9 aromatic carbocycles. The summed E-state index contributed by atoms with van der Waals surface area (Å²) < 4.78 is 163. The van der Waals surface area contributed by atoms with Crippen molar-refractivity contribution in [2.45, 2.75) is 0 Å². The third kappa shape index (κ3) is 4.94. The Morgan fingerprint density at radius 1 is 0.333 bits per heavy atom. The van der Waals surface area contributed by atoms with Crippen molar-refractivity contribution in [3.8, 4) is 55.6 Å². The van der Waals surface area contributed by atoms with E-state index in [2.05, 4.69) is 0 Å². The number of rotatable bonds is 5. The topological polar surface area (TPSA) is 13.1 Å². The first-order chi connectivity index (χ1) is 32.8. The van der Waals surface area contributed by atoms with Crippen LogP contribution in [0.25, 0.3) is 99.1 Å². The Morgan fingerprint density at radius 3 is 1.35 bits per heavy atom. The number of hydrogen-bond donors (Lipinski definition) is 0. The minimum absolute atomic E-state index is 0.0319. The van der Waals surface area contributed by atoms with E-state index in [9.17, 15) is 5.48 Å². The van der Waals surface area contributed by atoms with E-state index < -0.39 is 119 Å². The Bertz CT molecular complexity index is 3780. The molecule has 10 rings (SSSR count). The van der Waals surface area contributed by atoms with Gasteiger partial charge >= 0.3 is 0 Å². The van der Waals surface area contributed by atoms with E-state index in [1.165, 1.54) is 0 Å². The molecule has 0 spiro atoms. The van der Waals surface area contributed by atoms with Gasteiger partial charge in [-0.05, 0) is 95.4 Å². The van der Waals surface area contributed by atoms with Gasteiger partial charge in [0.05, 0.1) is 24.7 Å². The van der Waals surface area contributed by atoms with Gasteiger partial charge in [-0.2, -0.15) is 0 Å². The molecule has 0 fully saturated rings. The molecule has 1 nitrogen and oxygen atoms in total. The molecule has 0 radical (unpaired) electrons. The smallest absolute Gasteiger partial charge is 0.136 e. The molecule has 0 bridgehead atoms. The summed E-state index contributed by atoms with van der Waals surface area (Å²) >= 11 is 0. The summed E-state index contributed by atoms with van der Waals surface area (Å²) in [5.74, 6) is 0. The molecule has 1 heterocycles. The third-order valence-electron chi connectivity index (χ3n) is 8.98. The summed E-state index contributed by atoms with van der Waals surface area (Å²) in [6.07, 6.45) is 0. The number of hydrogen-bond acceptors (Lipinski definition) is 1. The molecule has 0 unspecified atom stereocenters. The van der Waals surface area contributed by atoms with Gasteiger partial charge < -0.3 is 4.42 Å². The fourth-order valence-electron chi connectivity index (χ4n) is 6.77. The molecule has 0 aliphatic carbocycles. The van der Waals surface area contributed by atoms with E-state index in [1.54, 1.807) is 48.5 Å².